The molecule has 0 aromatic carbocycles. The van der Waals surface area contributed by atoms with Crippen LogP contribution in [0.4, 0.5) is 9.59 Å². The monoisotopic (exact) mass is 691 g/mol. The van der Waals surface area contributed by atoms with Crippen LogP contribution in [0.2, 0.25) is 0 Å². The second kappa shape index (κ2) is 15.7. The average Bonchev–Trinajstić information content (AvgIpc) is 3.89. The molecule has 12 nitrogen and oxygen atoms in total. The topological polar surface area (TPSA) is 124 Å². The predicted molar refractivity (Wildman–Crippen MR) is 190 cm³/mol. The molecule has 6 saturated heterocycles. The van der Waals surface area contributed by atoms with Gasteiger partial charge in [0.2, 0.25) is 11.8 Å². The van der Waals surface area contributed by atoms with E-state index in [0.717, 1.165) is 97.8 Å². The van der Waals surface area contributed by atoms with E-state index in [1.165, 1.54) is 19.3 Å². The molecule has 3 atom stereocenters. The standard InChI is InChI=1S/C15H26N2O3.C12H22N2O2.C10H18N2O/c1-5-12(18)16-8-6-15(10-16)7-9-17(11-15)13(19)20-14(2,3)4;1-11(2,3)16-10(15)14-7-5-12(9-14)4-6-13-8-12;1-2-9(13)12-6-4-10(8-12)3-5-11-7-10/h5-11H2,1-4H3;13H,4-9H2,1-3H3;11H,2-8H2,1H3. The fraction of sp³-hybridized carbons (Fsp3) is 0.892. The van der Waals surface area contributed by atoms with Crippen molar-refractivity contribution in [2.24, 2.45) is 16.2 Å². The van der Waals surface area contributed by atoms with Gasteiger partial charge in [-0.15, -0.1) is 0 Å². The van der Waals surface area contributed by atoms with Crippen LogP contribution >= 0.6 is 0 Å². The number of amides is 4. The number of carbonyl (C=O) groups is 4. The van der Waals surface area contributed by atoms with Crippen LogP contribution in [0.3, 0.4) is 0 Å². The molecule has 2 N–H and O–H groups in total. The zero-order valence-corrected chi connectivity index (χ0v) is 31.9. The van der Waals surface area contributed by atoms with Crippen molar-refractivity contribution in [2.75, 3.05) is 78.5 Å². The van der Waals surface area contributed by atoms with Crippen molar-refractivity contribution in [1.29, 1.82) is 0 Å². The van der Waals surface area contributed by atoms with Crippen LogP contribution in [0.15, 0.2) is 0 Å². The molecule has 6 aliphatic rings. The number of ether oxygens (including phenoxy) is 2. The fourth-order valence-corrected chi connectivity index (χ4v) is 8.20. The van der Waals surface area contributed by atoms with Gasteiger partial charge in [0.05, 0.1) is 0 Å². The first-order valence-corrected chi connectivity index (χ1v) is 18.8. The number of hydrogen-bond donors (Lipinski definition) is 2. The molecule has 0 radical (unpaired) electrons. The number of likely N-dealkylation sites (tertiary alicyclic amines) is 4. The van der Waals surface area contributed by atoms with E-state index < -0.39 is 5.60 Å². The van der Waals surface area contributed by atoms with Gasteiger partial charge in [0.1, 0.15) is 11.2 Å². The Balaban J connectivity index is 0.000000169. The molecule has 12 heteroatoms. The largest absolute Gasteiger partial charge is 0.444 e. The molecule has 49 heavy (non-hydrogen) atoms. The minimum Gasteiger partial charge on any atom is -0.444 e. The van der Waals surface area contributed by atoms with Gasteiger partial charge < -0.3 is 39.7 Å². The van der Waals surface area contributed by atoms with Gasteiger partial charge in [-0.05, 0) is 93.2 Å². The zero-order chi connectivity index (χ0) is 36.1. The molecule has 6 aliphatic heterocycles. The van der Waals surface area contributed by atoms with Gasteiger partial charge in [0.15, 0.2) is 0 Å². The molecule has 6 rings (SSSR count). The van der Waals surface area contributed by atoms with Crippen LogP contribution in [0.25, 0.3) is 0 Å². The van der Waals surface area contributed by atoms with Crippen molar-refractivity contribution in [3.63, 3.8) is 0 Å². The molecule has 0 aromatic heterocycles. The lowest BCUT2D eigenvalue weighted by molar-refractivity contribution is -0.130. The second-order valence-corrected chi connectivity index (χ2v) is 17.5. The van der Waals surface area contributed by atoms with Gasteiger partial charge in [-0.2, -0.15) is 0 Å². The molecule has 0 bridgehead atoms. The van der Waals surface area contributed by atoms with Crippen LogP contribution in [-0.2, 0) is 19.1 Å². The van der Waals surface area contributed by atoms with E-state index in [9.17, 15) is 19.2 Å². The van der Waals surface area contributed by atoms with E-state index in [1.54, 1.807) is 4.90 Å². The summed E-state index contributed by atoms with van der Waals surface area (Å²) in [5, 5.41) is 6.78. The van der Waals surface area contributed by atoms with Crippen molar-refractivity contribution >= 4 is 24.0 Å². The summed E-state index contributed by atoms with van der Waals surface area (Å²) >= 11 is 0. The Morgan fingerprint density at radius 2 is 0.857 bits per heavy atom. The Kier molecular flexibility index (Phi) is 12.6. The Morgan fingerprint density at radius 1 is 0.531 bits per heavy atom. The summed E-state index contributed by atoms with van der Waals surface area (Å²) in [5.41, 5.74) is 0.0248. The Labute approximate surface area is 295 Å². The first kappa shape index (κ1) is 39.2. The van der Waals surface area contributed by atoms with Gasteiger partial charge in [-0.1, -0.05) is 13.8 Å². The number of nitrogens with one attached hydrogen (secondary N) is 2. The lowest BCUT2D eigenvalue weighted by atomic mass is 9.86. The maximum absolute atomic E-state index is 12.1. The summed E-state index contributed by atoms with van der Waals surface area (Å²) in [7, 11) is 0. The minimum absolute atomic E-state index is 0.0989. The highest BCUT2D eigenvalue weighted by Gasteiger charge is 2.47. The van der Waals surface area contributed by atoms with Crippen LogP contribution in [0.1, 0.15) is 107 Å². The SMILES string of the molecule is CC(C)(C)OC(=O)N1CCC2(CCNC2)C1.CCC(=O)N1CCC2(CCN(C(=O)OC(C)(C)C)C2)C1.CCC(=O)N1CCC2(CCNC2)C1. The summed E-state index contributed by atoms with van der Waals surface area (Å²) in [6.45, 7) is 26.3. The van der Waals surface area contributed by atoms with Gasteiger partial charge in [0, 0.05) is 94.5 Å². The van der Waals surface area contributed by atoms with Crippen molar-refractivity contribution in [2.45, 2.75) is 118 Å². The quantitative estimate of drug-likeness (QED) is 0.435. The molecule has 6 heterocycles. The number of carbonyl (C=O) groups excluding carboxylic acids is 4. The zero-order valence-electron chi connectivity index (χ0n) is 31.9. The van der Waals surface area contributed by atoms with E-state index in [4.69, 9.17) is 9.47 Å². The normalized spacial score (nSPS) is 29.4. The molecule has 3 spiro atoms. The lowest BCUT2D eigenvalue weighted by Crippen LogP contribution is -2.38. The molecule has 0 aliphatic carbocycles. The first-order valence-electron chi connectivity index (χ1n) is 18.8. The van der Waals surface area contributed by atoms with Crippen molar-refractivity contribution in [3.8, 4) is 0 Å². The number of hydrogen-bond acceptors (Lipinski definition) is 8. The van der Waals surface area contributed by atoms with Crippen molar-refractivity contribution < 1.29 is 28.7 Å². The van der Waals surface area contributed by atoms with Crippen LogP contribution in [-0.4, -0.2) is 133 Å². The van der Waals surface area contributed by atoms with Gasteiger partial charge in [-0.25, -0.2) is 9.59 Å². The smallest absolute Gasteiger partial charge is 0.410 e. The molecule has 4 amide bonds. The third-order valence-electron chi connectivity index (χ3n) is 11.0. The third kappa shape index (κ3) is 10.7. The van der Waals surface area contributed by atoms with E-state index >= 15 is 0 Å². The molecule has 0 saturated carbocycles. The maximum Gasteiger partial charge on any atom is 0.410 e. The minimum atomic E-state index is -0.452. The number of rotatable bonds is 2. The number of nitrogens with zero attached hydrogens (tertiary/aromatic N) is 4. The molecular formula is C37H66N6O6. The van der Waals surface area contributed by atoms with E-state index in [0.29, 0.717) is 29.6 Å². The fourth-order valence-electron chi connectivity index (χ4n) is 8.20. The highest BCUT2D eigenvalue weighted by atomic mass is 16.6. The summed E-state index contributed by atoms with van der Waals surface area (Å²) in [5.74, 6) is 0.543. The highest BCUT2D eigenvalue weighted by molar-refractivity contribution is 5.76. The molecule has 280 valence electrons. The van der Waals surface area contributed by atoms with Gasteiger partial charge in [0.25, 0.3) is 0 Å². The second-order valence-electron chi connectivity index (χ2n) is 17.5. The molecule has 0 aromatic rings. The van der Waals surface area contributed by atoms with Gasteiger partial charge in [-0.3, -0.25) is 9.59 Å². The first-order chi connectivity index (χ1) is 22.9. The highest BCUT2D eigenvalue weighted by Crippen LogP contribution is 2.40. The summed E-state index contributed by atoms with van der Waals surface area (Å²) in [4.78, 5) is 54.9. The van der Waals surface area contributed by atoms with Crippen LogP contribution < -0.4 is 10.6 Å². The van der Waals surface area contributed by atoms with Crippen LogP contribution in [0.5, 0.6) is 0 Å². The summed E-state index contributed by atoms with van der Waals surface area (Å²) < 4.78 is 10.8. The van der Waals surface area contributed by atoms with Gasteiger partial charge >= 0.3 is 12.2 Å². The van der Waals surface area contributed by atoms with Crippen molar-refractivity contribution in [3.05, 3.63) is 0 Å². The predicted octanol–water partition coefficient (Wildman–Crippen LogP) is 4.47. The molecule has 6 fully saturated rings. The average molecular weight is 691 g/mol. The summed E-state index contributed by atoms with van der Waals surface area (Å²) in [6.07, 6.45) is 7.55. The molecular weight excluding hydrogens is 624 g/mol. The third-order valence-corrected chi connectivity index (χ3v) is 11.0. The van der Waals surface area contributed by atoms with Crippen molar-refractivity contribution in [1.82, 2.24) is 30.2 Å². The van der Waals surface area contributed by atoms with E-state index in [1.807, 2.05) is 70.1 Å². The lowest BCUT2D eigenvalue weighted by Gasteiger charge is -2.27. The van der Waals surface area contributed by atoms with E-state index in [2.05, 4.69) is 10.6 Å². The Morgan fingerprint density at radius 3 is 1.20 bits per heavy atom. The van der Waals surface area contributed by atoms with E-state index in [-0.39, 0.29) is 29.1 Å². The Hall–Kier alpha value is -2.60. The van der Waals surface area contributed by atoms with Crippen LogP contribution in [0, 0.1) is 16.2 Å². The summed E-state index contributed by atoms with van der Waals surface area (Å²) in [6, 6.07) is 0. The Bertz CT molecular complexity index is 1170. The molecule has 3 unspecified atom stereocenters. The maximum atomic E-state index is 12.1.